The molecule has 0 aromatic heterocycles. The van der Waals surface area contributed by atoms with E-state index in [0.717, 1.165) is 6.07 Å². The molecule has 0 saturated carbocycles. The lowest BCUT2D eigenvalue weighted by Gasteiger charge is -2.06. The summed E-state index contributed by atoms with van der Waals surface area (Å²) in [5, 5.41) is 16.7. The van der Waals surface area contributed by atoms with E-state index in [2.05, 4.69) is 15.9 Å². The van der Waals surface area contributed by atoms with Gasteiger partial charge in [0.05, 0.1) is 0 Å². The fourth-order valence-corrected chi connectivity index (χ4v) is 1.55. The third-order valence-electron chi connectivity index (χ3n) is 1.41. The van der Waals surface area contributed by atoms with Crippen molar-refractivity contribution >= 4 is 40.1 Å². The summed E-state index contributed by atoms with van der Waals surface area (Å²) in [6, 6.07) is 0.861. The molecule has 0 spiro atoms. The van der Waals surface area contributed by atoms with E-state index in [9.17, 15) is 8.78 Å². The van der Waals surface area contributed by atoms with Gasteiger partial charge in [0.15, 0.2) is 0 Å². The van der Waals surface area contributed by atoms with E-state index in [1.807, 2.05) is 0 Å². The van der Waals surface area contributed by atoms with Crippen molar-refractivity contribution in [1.82, 2.24) is 0 Å². The van der Waals surface area contributed by atoms with Gasteiger partial charge in [0.1, 0.15) is 16.7 Å². The Kier molecular flexibility index (Phi) is 3.29. The maximum absolute atomic E-state index is 13.1. The molecule has 0 aliphatic heterocycles. The predicted molar refractivity (Wildman–Crippen MR) is 48.9 cm³/mol. The van der Waals surface area contributed by atoms with Gasteiger partial charge in [-0.3, -0.25) is 0 Å². The summed E-state index contributed by atoms with van der Waals surface area (Å²) in [5.74, 6) is -2.14. The van der Waals surface area contributed by atoms with Gasteiger partial charge in [-0.05, 0) is 6.07 Å². The van der Waals surface area contributed by atoms with Crippen LogP contribution in [0.2, 0.25) is 5.02 Å². The number of rotatable bonds is 1. The van der Waals surface area contributed by atoms with Gasteiger partial charge in [0, 0.05) is 9.94 Å². The van der Waals surface area contributed by atoms with Gasteiger partial charge >= 0.3 is 7.12 Å². The molecule has 1 aromatic rings. The molecule has 1 aromatic carbocycles. The van der Waals surface area contributed by atoms with Crippen molar-refractivity contribution in [1.29, 1.82) is 0 Å². The van der Waals surface area contributed by atoms with Crippen molar-refractivity contribution < 1.29 is 18.8 Å². The van der Waals surface area contributed by atoms with Crippen molar-refractivity contribution in [3.8, 4) is 0 Å². The quantitative estimate of drug-likeness (QED) is 0.455. The zero-order valence-corrected chi connectivity index (χ0v) is 8.40. The zero-order valence-electron chi connectivity index (χ0n) is 6.06. The van der Waals surface area contributed by atoms with E-state index in [1.165, 1.54) is 0 Å². The molecular weight excluding hydrogens is 268 g/mol. The highest BCUT2D eigenvalue weighted by Gasteiger charge is 2.24. The van der Waals surface area contributed by atoms with Gasteiger partial charge in [0.25, 0.3) is 0 Å². The van der Waals surface area contributed by atoms with Crippen molar-refractivity contribution in [3.05, 3.63) is 27.2 Å². The van der Waals surface area contributed by atoms with Gasteiger partial charge in [-0.15, -0.1) is 0 Å². The lowest BCUT2D eigenvalue weighted by molar-refractivity contribution is 0.422. The van der Waals surface area contributed by atoms with Crippen LogP contribution in [0.1, 0.15) is 0 Å². The Morgan fingerprint density at radius 2 is 1.92 bits per heavy atom. The Hall–Kier alpha value is -0.165. The summed E-state index contributed by atoms with van der Waals surface area (Å²) in [5.41, 5.74) is -0.480. The second-order valence-corrected chi connectivity index (χ2v) is 3.49. The molecule has 7 heteroatoms. The van der Waals surface area contributed by atoms with Crippen LogP contribution in [0.25, 0.3) is 0 Å². The molecule has 0 saturated heterocycles. The summed E-state index contributed by atoms with van der Waals surface area (Å²) in [6.07, 6.45) is 0. The highest BCUT2D eigenvalue weighted by atomic mass is 79.9. The molecule has 70 valence electrons. The Balaban J connectivity index is 3.44. The van der Waals surface area contributed by atoms with Crippen LogP contribution >= 0.6 is 27.5 Å². The highest BCUT2D eigenvalue weighted by Crippen LogP contribution is 2.21. The van der Waals surface area contributed by atoms with E-state index < -0.39 is 29.2 Å². The standard InChI is InChI=1S/C6H3BBrClF2O2/c8-2-1-3(10)5(9)6(11)4(2)7(12)13/h1,12-13H. The molecule has 0 amide bonds. The lowest BCUT2D eigenvalue weighted by Crippen LogP contribution is -2.34. The molecule has 0 atom stereocenters. The monoisotopic (exact) mass is 270 g/mol. The van der Waals surface area contributed by atoms with Gasteiger partial charge in [-0.25, -0.2) is 8.78 Å². The molecule has 0 radical (unpaired) electrons. The second kappa shape index (κ2) is 3.92. The second-order valence-electron chi connectivity index (χ2n) is 2.26. The molecule has 0 heterocycles. The summed E-state index contributed by atoms with van der Waals surface area (Å²) >= 11 is 7.98. The molecule has 0 fully saturated rings. The first-order chi connectivity index (χ1) is 5.95. The van der Waals surface area contributed by atoms with Crippen LogP contribution < -0.4 is 5.46 Å². The first kappa shape index (κ1) is 10.9. The minimum Gasteiger partial charge on any atom is -0.423 e. The van der Waals surface area contributed by atoms with Gasteiger partial charge in [-0.2, -0.15) is 0 Å². The molecule has 1 rings (SSSR count). The van der Waals surface area contributed by atoms with Crippen molar-refractivity contribution in [2.45, 2.75) is 0 Å². The van der Waals surface area contributed by atoms with Crippen LogP contribution in [-0.2, 0) is 0 Å². The Labute approximate surface area is 86.4 Å². The van der Waals surface area contributed by atoms with Crippen LogP contribution in [0, 0.1) is 11.6 Å². The summed E-state index contributed by atoms with van der Waals surface area (Å²) in [7, 11) is -2.03. The summed E-state index contributed by atoms with van der Waals surface area (Å²) in [6.45, 7) is 0. The molecule has 2 N–H and O–H groups in total. The van der Waals surface area contributed by atoms with E-state index in [-0.39, 0.29) is 4.47 Å². The largest absolute Gasteiger partial charge is 0.492 e. The molecule has 13 heavy (non-hydrogen) atoms. The third kappa shape index (κ3) is 2.02. The van der Waals surface area contributed by atoms with Crippen LogP contribution in [0.3, 0.4) is 0 Å². The zero-order chi connectivity index (χ0) is 10.2. The summed E-state index contributed by atoms with van der Waals surface area (Å²) in [4.78, 5) is 0. The van der Waals surface area contributed by atoms with Crippen LogP contribution in [0.15, 0.2) is 10.5 Å². The fourth-order valence-electron chi connectivity index (χ4n) is 0.817. The van der Waals surface area contributed by atoms with Crippen molar-refractivity contribution in [3.63, 3.8) is 0 Å². The number of hydrogen-bond donors (Lipinski definition) is 2. The number of halogens is 4. The summed E-state index contributed by atoms with van der Waals surface area (Å²) < 4.78 is 25.7. The normalized spacial score (nSPS) is 10.3. The maximum Gasteiger partial charge on any atom is 0.492 e. The first-order valence-electron chi connectivity index (χ1n) is 3.14. The molecular formula is C6H3BBrClF2O2. The Bertz CT molecular complexity index is 348. The minimum absolute atomic E-state index is 0.0816. The fraction of sp³-hybridized carbons (Fsp3) is 0. The van der Waals surface area contributed by atoms with Gasteiger partial charge in [0.2, 0.25) is 0 Å². The number of benzene rings is 1. The Morgan fingerprint density at radius 3 is 2.38 bits per heavy atom. The minimum atomic E-state index is -2.03. The predicted octanol–water partition coefficient (Wildman–Crippen LogP) is 1.06. The van der Waals surface area contributed by atoms with Crippen LogP contribution in [0.4, 0.5) is 8.78 Å². The molecule has 0 bridgehead atoms. The van der Waals surface area contributed by atoms with Gasteiger partial charge < -0.3 is 10.0 Å². The van der Waals surface area contributed by atoms with Crippen molar-refractivity contribution in [2.24, 2.45) is 0 Å². The van der Waals surface area contributed by atoms with Crippen molar-refractivity contribution in [2.75, 3.05) is 0 Å². The molecule has 0 aliphatic rings. The first-order valence-corrected chi connectivity index (χ1v) is 4.31. The molecule has 2 nitrogen and oxygen atoms in total. The van der Waals surface area contributed by atoms with Gasteiger partial charge in [-0.1, -0.05) is 27.5 Å². The SMILES string of the molecule is OB(O)c1c(Br)cc(F)c(Cl)c1F. The van der Waals surface area contributed by atoms with Crippen LogP contribution in [-0.4, -0.2) is 17.2 Å². The topological polar surface area (TPSA) is 40.5 Å². The molecule has 0 unspecified atom stereocenters. The van der Waals surface area contributed by atoms with E-state index in [1.54, 1.807) is 0 Å². The maximum atomic E-state index is 13.1. The third-order valence-corrected chi connectivity index (χ3v) is 2.41. The Morgan fingerprint density at radius 1 is 1.38 bits per heavy atom. The number of hydrogen-bond acceptors (Lipinski definition) is 2. The van der Waals surface area contributed by atoms with E-state index in [0.29, 0.717) is 0 Å². The average Bonchev–Trinajstić information content (AvgIpc) is 1.99. The lowest BCUT2D eigenvalue weighted by atomic mass is 9.80. The smallest absolute Gasteiger partial charge is 0.423 e. The average molecular weight is 271 g/mol. The highest BCUT2D eigenvalue weighted by molar-refractivity contribution is 9.10. The van der Waals surface area contributed by atoms with E-state index in [4.69, 9.17) is 21.6 Å². The molecule has 0 aliphatic carbocycles. The van der Waals surface area contributed by atoms with Crippen LogP contribution in [0.5, 0.6) is 0 Å². The van der Waals surface area contributed by atoms with E-state index >= 15 is 0 Å².